The molecule has 3 aromatic rings. The van der Waals surface area contributed by atoms with E-state index in [0.717, 1.165) is 5.56 Å². The maximum atomic E-state index is 11.9. The van der Waals surface area contributed by atoms with E-state index in [9.17, 15) is 14.9 Å². The average molecular weight is 358 g/mol. The fourth-order valence-corrected chi connectivity index (χ4v) is 2.68. The number of esters is 1. The fourth-order valence-electron chi connectivity index (χ4n) is 2.37. The first kappa shape index (κ1) is 16.7. The smallest absolute Gasteiger partial charge is 0.360 e. The number of methoxy groups -OCH3 is 1. The molecular formula is C17H12ClN3O4. The number of hydrogen-bond acceptors (Lipinski definition) is 5. The number of ether oxygens (including phenoxy) is 1. The number of rotatable bonds is 4. The molecule has 0 aliphatic heterocycles. The largest absolute Gasteiger partial charge is 0.464 e. The van der Waals surface area contributed by atoms with Crippen LogP contribution in [0.15, 0.2) is 54.6 Å². The lowest BCUT2D eigenvalue weighted by Gasteiger charge is -2.08. The molecule has 0 fully saturated rings. The van der Waals surface area contributed by atoms with Crippen molar-refractivity contribution in [1.29, 1.82) is 0 Å². The molecule has 0 radical (unpaired) electrons. The zero-order valence-electron chi connectivity index (χ0n) is 13.0. The molecule has 7 nitrogen and oxygen atoms in total. The van der Waals surface area contributed by atoms with Crippen molar-refractivity contribution in [2.75, 3.05) is 7.11 Å². The molecule has 0 N–H and O–H groups in total. The summed E-state index contributed by atoms with van der Waals surface area (Å²) in [6.45, 7) is 0. The van der Waals surface area contributed by atoms with Crippen molar-refractivity contribution >= 4 is 23.3 Å². The third kappa shape index (κ3) is 3.09. The third-order valence-corrected chi connectivity index (χ3v) is 3.92. The van der Waals surface area contributed by atoms with Crippen molar-refractivity contribution in [2.45, 2.75) is 0 Å². The summed E-state index contributed by atoms with van der Waals surface area (Å²) in [7, 11) is 1.24. The van der Waals surface area contributed by atoms with Crippen LogP contribution in [-0.2, 0) is 4.74 Å². The predicted molar refractivity (Wildman–Crippen MR) is 92.0 cm³/mol. The zero-order valence-corrected chi connectivity index (χ0v) is 13.8. The number of carbonyl (C=O) groups is 1. The first-order valence-electron chi connectivity index (χ1n) is 7.20. The number of halogens is 1. The summed E-state index contributed by atoms with van der Waals surface area (Å²) in [5, 5.41) is 15.2. The first-order chi connectivity index (χ1) is 12.0. The van der Waals surface area contributed by atoms with E-state index in [0.29, 0.717) is 11.4 Å². The molecule has 2 aromatic carbocycles. The van der Waals surface area contributed by atoms with E-state index in [1.54, 1.807) is 0 Å². The van der Waals surface area contributed by atoms with Crippen LogP contribution < -0.4 is 0 Å². The number of hydrogen-bond donors (Lipinski definition) is 0. The van der Waals surface area contributed by atoms with E-state index in [-0.39, 0.29) is 16.4 Å². The molecule has 0 atom stereocenters. The van der Waals surface area contributed by atoms with Crippen molar-refractivity contribution in [2.24, 2.45) is 0 Å². The van der Waals surface area contributed by atoms with Crippen LogP contribution in [-0.4, -0.2) is 27.8 Å². The summed E-state index contributed by atoms with van der Waals surface area (Å²) in [5.41, 5.74) is 1.70. The molecule has 0 aliphatic carbocycles. The first-order valence-corrected chi connectivity index (χ1v) is 7.58. The minimum atomic E-state index is -0.664. The van der Waals surface area contributed by atoms with Gasteiger partial charge in [0.15, 0.2) is 5.69 Å². The highest BCUT2D eigenvalue weighted by Crippen LogP contribution is 2.33. The second-order valence-corrected chi connectivity index (χ2v) is 5.43. The molecular weight excluding hydrogens is 346 g/mol. The number of nitro benzene ring substituents is 1. The van der Waals surface area contributed by atoms with E-state index in [2.05, 4.69) is 5.10 Å². The Morgan fingerprint density at radius 1 is 1.16 bits per heavy atom. The Labute approximate surface area is 147 Å². The second-order valence-electron chi connectivity index (χ2n) is 5.05. The Kier molecular flexibility index (Phi) is 4.49. The Hall–Kier alpha value is -3.19. The van der Waals surface area contributed by atoms with Gasteiger partial charge in [0.05, 0.1) is 23.4 Å². The molecule has 1 heterocycles. The van der Waals surface area contributed by atoms with Gasteiger partial charge < -0.3 is 4.74 Å². The molecule has 8 heteroatoms. The van der Waals surface area contributed by atoms with Crippen LogP contribution in [0.25, 0.3) is 16.9 Å². The van der Waals surface area contributed by atoms with Gasteiger partial charge in [-0.2, -0.15) is 5.10 Å². The SMILES string of the molecule is COC(=O)c1nn(-c2ccc([N+](=O)[O-])cc2)c(-c2ccccc2)c1Cl. The minimum Gasteiger partial charge on any atom is -0.464 e. The van der Waals surface area contributed by atoms with Gasteiger partial charge in [-0.15, -0.1) is 0 Å². The number of nitro groups is 1. The van der Waals surface area contributed by atoms with E-state index in [1.165, 1.54) is 36.1 Å². The number of carbonyl (C=O) groups excluding carboxylic acids is 1. The van der Waals surface area contributed by atoms with E-state index in [4.69, 9.17) is 16.3 Å². The molecule has 0 bridgehead atoms. The standard InChI is InChI=1S/C17H12ClN3O4/c1-25-17(22)15-14(18)16(11-5-3-2-4-6-11)20(19-15)12-7-9-13(10-8-12)21(23)24/h2-10H,1H3. The lowest BCUT2D eigenvalue weighted by Crippen LogP contribution is -2.05. The molecule has 0 spiro atoms. The lowest BCUT2D eigenvalue weighted by atomic mass is 10.1. The highest BCUT2D eigenvalue weighted by atomic mass is 35.5. The average Bonchev–Trinajstić information content (AvgIpc) is 2.99. The van der Waals surface area contributed by atoms with Crippen molar-refractivity contribution in [3.63, 3.8) is 0 Å². The van der Waals surface area contributed by atoms with Crippen LogP contribution in [0.3, 0.4) is 0 Å². The summed E-state index contributed by atoms with van der Waals surface area (Å²) in [5.74, 6) is -0.664. The second kappa shape index (κ2) is 6.74. The Balaban J connectivity index is 2.21. The normalized spacial score (nSPS) is 10.5. The third-order valence-electron chi connectivity index (χ3n) is 3.56. The predicted octanol–water partition coefficient (Wildman–Crippen LogP) is 3.89. The molecule has 25 heavy (non-hydrogen) atoms. The van der Waals surface area contributed by atoms with Gasteiger partial charge in [-0.1, -0.05) is 41.9 Å². The van der Waals surface area contributed by atoms with Crippen LogP contribution >= 0.6 is 11.6 Å². The molecule has 0 saturated carbocycles. The minimum absolute atomic E-state index is 0.0265. The van der Waals surface area contributed by atoms with Gasteiger partial charge in [0.1, 0.15) is 5.02 Å². The molecule has 0 amide bonds. The fraction of sp³-hybridized carbons (Fsp3) is 0.0588. The summed E-state index contributed by atoms with van der Waals surface area (Å²) in [6.07, 6.45) is 0. The van der Waals surface area contributed by atoms with Gasteiger partial charge >= 0.3 is 5.97 Å². The summed E-state index contributed by atoms with van der Waals surface area (Å²) >= 11 is 6.38. The number of nitrogens with zero attached hydrogens (tertiary/aromatic N) is 3. The Morgan fingerprint density at radius 3 is 2.36 bits per heavy atom. The summed E-state index contributed by atoms with van der Waals surface area (Å²) in [4.78, 5) is 22.3. The topological polar surface area (TPSA) is 87.3 Å². The van der Waals surface area contributed by atoms with Crippen molar-refractivity contribution in [3.05, 3.63) is 75.4 Å². The molecule has 0 saturated heterocycles. The zero-order chi connectivity index (χ0) is 18.0. The molecule has 0 aliphatic rings. The quantitative estimate of drug-likeness (QED) is 0.401. The van der Waals surface area contributed by atoms with Crippen LogP contribution in [0, 0.1) is 10.1 Å². The van der Waals surface area contributed by atoms with Crippen LogP contribution in [0.1, 0.15) is 10.5 Å². The van der Waals surface area contributed by atoms with Gasteiger partial charge in [-0.3, -0.25) is 10.1 Å². The highest BCUT2D eigenvalue weighted by molar-refractivity contribution is 6.35. The van der Waals surface area contributed by atoms with Crippen LogP contribution in [0.4, 0.5) is 5.69 Å². The number of non-ortho nitro benzene ring substituents is 1. The molecule has 3 rings (SSSR count). The van der Waals surface area contributed by atoms with Gasteiger partial charge in [-0.05, 0) is 12.1 Å². The van der Waals surface area contributed by atoms with Crippen molar-refractivity contribution < 1.29 is 14.5 Å². The van der Waals surface area contributed by atoms with Crippen LogP contribution in [0.2, 0.25) is 5.02 Å². The summed E-state index contributed by atoms with van der Waals surface area (Å²) < 4.78 is 6.19. The number of benzene rings is 2. The monoisotopic (exact) mass is 357 g/mol. The molecule has 126 valence electrons. The molecule has 0 unspecified atom stereocenters. The van der Waals surface area contributed by atoms with E-state index in [1.807, 2.05) is 30.3 Å². The van der Waals surface area contributed by atoms with Gasteiger partial charge in [0, 0.05) is 17.7 Å². The van der Waals surface area contributed by atoms with E-state index >= 15 is 0 Å². The van der Waals surface area contributed by atoms with Gasteiger partial charge in [-0.25, -0.2) is 9.48 Å². The maximum Gasteiger partial charge on any atom is 0.360 e. The van der Waals surface area contributed by atoms with Crippen molar-refractivity contribution in [1.82, 2.24) is 9.78 Å². The Bertz CT molecular complexity index is 937. The van der Waals surface area contributed by atoms with Crippen molar-refractivity contribution in [3.8, 4) is 16.9 Å². The highest BCUT2D eigenvalue weighted by Gasteiger charge is 2.24. The van der Waals surface area contributed by atoms with Crippen LogP contribution in [0.5, 0.6) is 0 Å². The Morgan fingerprint density at radius 2 is 1.80 bits per heavy atom. The lowest BCUT2D eigenvalue weighted by molar-refractivity contribution is -0.384. The molecule has 1 aromatic heterocycles. The van der Waals surface area contributed by atoms with Gasteiger partial charge in [0.25, 0.3) is 5.69 Å². The number of aromatic nitrogens is 2. The van der Waals surface area contributed by atoms with E-state index < -0.39 is 10.9 Å². The van der Waals surface area contributed by atoms with Gasteiger partial charge in [0.2, 0.25) is 0 Å². The maximum absolute atomic E-state index is 11.9. The summed E-state index contributed by atoms with van der Waals surface area (Å²) in [6, 6.07) is 15.0.